The van der Waals surface area contributed by atoms with E-state index in [2.05, 4.69) is 0 Å². The van der Waals surface area contributed by atoms with E-state index in [-0.39, 0.29) is 5.69 Å². The minimum atomic E-state index is -4.36. The van der Waals surface area contributed by atoms with Crippen LogP contribution < -0.4 is 11.1 Å². The van der Waals surface area contributed by atoms with Crippen molar-refractivity contribution in [3.05, 3.63) is 23.8 Å². The van der Waals surface area contributed by atoms with Gasteiger partial charge in [0.1, 0.15) is 0 Å². The van der Waals surface area contributed by atoms with E-state index in [0.29, 0.717) is 6.07 Å². The molecule has 0 saturated heterocycles. The Morgan fingerprint density at radius 2 is 1.82 bits per heavy atom. The van der Waals surface area contributed by atoms with Crippen LogP contribution in [0.4, 0.5) is 37.7 Å². The molecule has 0 bridgehead atoms. The molecule has 96 valence electrons. The van der Waals surface area contributed by atoms with Crippen LogP contribution in [0.15, 0.2) is 12.1 Å². The van der Waals surface area contributed by atoms with Crippen molar-refractivity contribution < 1.29 is 26.3 Å². The first-order chi connectivity index (χ1) is 7.75. The van der Waals surface area contributed by atoms with Crippen molar-refractivity contribution in [2.75, 3.05) is 17.6 Å². The summed E-state index contributed by atoms with van der Waals surface area (Å²) in [5, 5.41) is 1.67. The highest BCUT2D eigenvalue weighted by molar-refractivity contribution is 5.66. The lowest BCUT2D eigenvalue weighted by atomic mass is 10.2. The largest absolute Gasteiger partial charge is 0.397 e. The van der Waals surface area contributed by atoms with Crippen LogP contribution >= 0.6 is 0 Å². The summed E-state index contributed by atoms with van der Waals surface area (Å²) in [7, 11) is 0. The minimum Gasteiger partial charge on any atom is -0.397 e. The van der Waals surface area contributed by atoms with Gasteiger partial charge in [-0.3, -0.25) is 0 Å². The van der Waals surface area contributed by atoms with Crippen LogP contribution in [-0.4, -0.2) is 18.9 Å². The zero-order valence-electron chi connectivity index (χ0n) is 8.28. The van der Waals surface area contributed by atoms with Crippen molar-refractivity contribution in [1.82, 2.24) is 0 Å². The summed E-state index contributed by atoms with van der Waals surface area (Å²) in [6, 6.07) is 1.63. The van der Waals surface area contributed by atoms with Crippen LogP contribution in [-0.2, 0) is 0 Å². The van der Waals surface area contributed by atoms with Crippen LogP contribution in [0.1, 0.15) is 0 Å². The number of anilines is 2. The Morgan fingerprint density at radius 1 is 1.24 bits per heavy atom. The Hall–Kier alpha value is -1.60. The molecule has 0 saturated carbocycles. The Morgan fingerprint density at radius 3 is 2.35 bits per heavy atom. The van der Waals surface area contributed by atoms with Gasteiger partial charge in [0.15, 0.2) is 11.6 Å². The zero-order valence-corrected chi connectivity index (χ0v) is 8.28. The van der Waals surface area contributed by atoms with Gasteiger partial charge in [0.05, 0.1) is 17.9 Å². The fourth-order valence-corrected chi connectivity index (χ4v) is 1.03. The van der Waals surface area contributed by atoms with Crippen LogP contribution in [0, 0.1) is 11.6 Å². The van der Waals surface area contributed by atoms with Crippen LogP contribution in [0.2, 0.25) is 0 Å². The predicted molar refractivity (Wildman–Crippen MR) is 50.2 cm³/mol. The van der Waals surface area contributed by atoms with Gasteiger partial charge in [-0.2, -0.15) is 8.78 Å². The van der Waals surface area contributed by atoms with Crippen molar-refractivity contribution in [2.24, 2.45) is 0 Å². The maximum absolute atomic E-state index is 13.1. The third-order valence-electron chi connectivity index (χ3n) is 1.95. The highest BCUT2D eigenvalue weighted by Gasteiger charge is 2.40. The zero-order chi connectivity index (χ0) is 13.2. The van der Waals surface area contributed by atoms with Crippen molar-refractivity contribution >= 4 is 11.4 Å². The fraction of sp³-hybridized carbons (Fsp3) is 0.333. The summed E-state index contributed by atoms with van der Waals surface area (Å²) < 4.78 is 74.5. The molecule has 0 aliphatic rings. The summed E-state index contributed by atoms with van der Waals surface area (Å²) in [4.78, 5) is 0. The molecule has 1 aromatic rings. The number of halogens is 6. The second kappa shape index (κ2) is 4.72. The molecular weight excluding hydrogens is 250 g/mol. The van der Waals surface area contributed by atoms with E-state index >= 15 is 0 Å². The Kier molecular flexibility index (Phi) is 3.74. The lowest BCUT2D eigenvalue weighted by Gasteiger charge is -2.17. The van der Waals surface area contributed by atoms with E-state index in [1.54, 1.807) is 5.32 Å². The molecule has 0 fully saturated rings. The van der Waals surface area contributed by atoms with Gasteiger partial charge in [-0.1, -0.05) is 0 Å². The molecule has 0 aromatic heterocycles. The molecule has 1 aromatic carbocycles. The molecule has 8 heteroatoms. The molecule has 2 nitrogen and oxygen atoms in total. The van der Waals surface area contributed by atoms with Gasteiger partial charge in [0, 0.05) is 0 Å². The molecule has 0 atom stereocenters. The number of nitrogen functional groups attached to an aromatic ring is 1. The number of nitrogens with two attached hydrogens (primary N) is 1. The highest BCUT2D eigenvalue weighted by Crippen LogP contribution is 2.28. The van der Waals surface area contributed by atoms with Gasteiger partial charge in [0.25, 0.3) is 0 Å². The normalized spacial score (nSPS) is 11.9. The van der Waals surface area contributed by atoms with Crippen LogP contribution in [0.3, 0.4) is 0 Å². The number of nitrogens with one attached hydrogen (secondary N) is 1. The standard InChI is InChI=1S/C9H8F6N2/c10-4-1-2-5(16)7(6(4)11)17-3-9(14,15)8(12)13/h1-2,8,17H,3,16H2. The quantitative estimate of drug-likeness (QED) is 0.643. The summed E-state index contributed by atoms with van der Waals surface area (Å²) in [6.07, 6.45) is -3.91. The van der Waals surface area contributed by atoms with E-state index < -0.39 is 36.2 Å². The van der Waals surface area contributed by atoms with Gasteiger partial charge in [-0.15, -0.1) is 0 Å². The van der Waals surface area contributed by atoms with Crippen LogP contribution in [0.25, 0.3) is 0 Å². The van der Waals surface area contributed by atoms with Crippen molar-refractivity contribution in [1.29, 1.82) is 0 Å². The lowest BCUT2D eigenvalue weighted by Crippen LogP contribution is -2.35. The first kappa shape index (κ1) is 13.5. The molecule has 17 heavy (non-hydrogen) atoms. The SMILES string of the molecule is Nc1ccc(F)c(F)c1NCC(F)(F)C(F)F. The number of hydrogen-bond acceptors (Lipinski definition) is 2. The van der Waals surface area contributed by atoms with Crippen LogP contribution in [0.5, 0.6) is 0 Å². The number of rotatable bonds is 4. The molecule has 0 aliphatic carbocycles. The lowest BCUT2D eigenvalue weighted by molar-refractivity contribution is -0.117. The van der Waals surface area contributed by atoms with Crippen molar-refractivity contribution in [3.8, 4) is 0 Å². The number of hydrogen-bond donors (Lipinski definition) is 2. The van der Waals surface area contributed by atoms with Gasteiger partial charge < -0.3 is 11.1 Å². The predicted octanol–water partition coefficient (Wildman–Crippen LogP) is 2.86. The fourth-order valence-electron chi connectivity index (χ4n) is 1.03. The second-order valence-electron chi connectivity index (χ2n) is 3.24. The monoisotopic (exact) mass is 258 g/mol. The minimum absolute atomic E-state index is 0.353. The van der Waals surface area contributed by atoms with Crippen molar-refractivity contribution in [2.45, 2.75) is 12.3 Å². The van der Waals surface area contributed by atoms with E-state index in [1.165, 1.54) is 0 Å². The molecule has 0 amide bonds. The molecular formula is C9H8F6N2. The van der Waals surface area contributed by atoms with Gasteiger partial charge >= 0.3 is 12.3 Å². The number of alkyl halides is 4. The average molecular weight is 258 g/mol. The molecule has 0 spiro atoms. The van der Waals surface area contributed by atoms with Gasteiger partial charge in [-0.05, 0) is 12.1 Å². The molecule has 1 rings (SSSR count). The first-order valence-corrected chi connectivity index (χ1v) is 4.39. The van der Waals surface area contributed by atoms with E-state index in [4.69, 9.17) is 5.73 Å². The third kappa shape index (κ3) is 2.95. The second-order valence-corrected chi connectivity index (χ2v) is 3.24. The Bertz CT molecular complexity index is 407. The van der Waals surface area contributed by atoms with E-state index in [0.717, 1.165) is 6.07 Å². The summed E-state index contributed by atoms with van der Waals surface area (Å²) >= 11 is 0. The molecule has 3 N–H and O–H groups in total. The van der Waals surface area contributed by atoms with E-state index in [1.807, 2.05) is 0 Å². The first-order valence-electron chi connectivity index (χ1n) is 4.39. The summed E-state index contributed by atoms with van der Waals surface area (Å²) in [5.74, 6) is -7.16. The molecule has 0 aliphatic heterocycles. The highest BCUT2D eigenvalue weighted by atomic mass is 19.3. The smallest absolute Gasteiger partial charge is 0.324 e. The third-order valence-corrected chi connectivity index (χ3v) is 1.95. The van der Waals surface area contributed by atoms with Gasteiger partial charge in [0.2, 0.25) is 0 Å². The Balaban J connectivity index is 2.87. The Labute approximate surface area is 92.4 Å². The molecule has 0 radical (unpaired) electrons. The summed E-state index contributed by atoms with van der Waals surface area (Å²) in [6.45, 7) is -1.55. The maximum atomic E-state index is 13.1. The average Bonchev–Trinajstić information content (AvgIpc) is 2.23. The molecule has 0 heterocycles. The maximum Gasteiger partial charge on any atom is 0.324 e. The topological polar surface area (TPSA) is 38.0 Å². The summed E-state index contributed by atoms with van der Waals surface area (Å²) in [5.41, 5.74) is 4.08. The van der Waals surface area contributed by atoms with Crippen molar-refractivity contribution in [3.63, 3.8) is 0 Å². The number of benzene rings is 1. The van der Waals surface area contributed by atoms with Gasteiger partial charge in [-0.25, -0.2) is 17.6 Å². The molecule has 0 unspecified atom stereocenters. The van der Waals surface area contributed by atoms with E-state index in [9.17, 15) is 26.3 Å².